The Bertz CT molecular complexity index is 601. The Labute approximate surface area is 148 Å². The lowest BCUT2D eigenvalue weighted by atomic mass is 9.95. The molecular formula is C16H22Cl2N4O. The quantitative estimate of drug-likeness (QED) is 0.883. The molecule has 1 amide bonds. The number of rotatable bonds is 4. The van der Waals surface area contributed by atoms with E-state index in [0.29, 0.717) is 12.5 Å². The van der Waals surface area contributed by atoms with Crippen molar-refractivity contribution in [1.82, 2.24) is 9.55 Å². The molecule has 0 spiro atoms. The number of anilines is 1. The third-order valence-electron chi connectivity index (χ3n) is 4.24. The van der Waals surface area contributed by atoms with Gasteiger partial charge in [0, 0.05) is 29.7 Å². The van der Waals surface area contributed by atoms with Crippen LogP contribution in [-0.2, 0) is 4.79 Å². The van der Waals surface area contributed by atoms with E-state index in [1.165, 1.54) is 0 Å². The van der Waals surface area contributed by atoms with Gasteiger partial charge in [-0.1, -0.05) is 6.42 Å². The fraction of sp³-hybridized carbons (Fsp3) is 0.375. The van der Waals surface area contributed by atoms with Gasteiger partial charge in [-0.05, 0) is 49.6 Å². The fourth-order valence-corrected chi connectivity index (χ4v) is 3.03. The molecule has 1 aliphatic carbocycles. The van der Waals surface area contributed by atoms with E-state index in [1.54, 1.807) is 12.5 Å². The summed E-state index contributed by atoms with van der Waals surface area (Å²) in [4.78, 5) is 16.3. The van der Waals surface area contributed by atoms with Crippen LogP contribution in [-0.4, -0.2) is 22.0 Å². The summed E-state index contributed by atoms with van der Waals surface area (Å²) in [7, 11) is 0. The predicted octanol–water partition coefficient (Wildman–Crippen LogP) is 3.03. The predicted molar refractivity (Wildman–Crippen MR) is 96.6 cm³/mol. The topological polar surface area (TPSA) is 72.9 Å². The van der Waals surface area contributed by atoms with Crippen molar-refractivity contribution >= 4 is 36.4 Å². The normalized spacial score (nSPS) is 19.5. The summed E-state index contributed by atoms with van der Waals surface area (Å²) in [5.74, 6) is 0.483. The van der Waals surface area contributed by atoms with Gasteiger partial charge >= 0.3 is 0 Å². The van der Waals surface area contributed by atoms with Crippen LogP contribution in [0.4, 0.5) is 5.69 Å². The maximum Gasteiger partial charge on any atom is 0.227 e. The van der Waals surface area contributed by atoms with Crippen molar-refractivity contribution in [2.45, 2.75) is 19.3 Å². The summed E-state index contributed by atoms with van der Waals surface area (Å²) in [5, 5.41) is 3.00. The standard InChI is InChI=1S/C16H20N4O.2ClH/c17-10-12-2-1-3-15(12)16(21)19-13-4-6-14(7-5-13)20-9-8-18-11-20;;/h4-9,11-12,15H,1-3,10,17H2,(H,19,21);2*1H/t12-,15-;;/m1../s1. The number of hydrogen-bond acceptors (Lipinski definition) is 3. The highest BCUT2D eigenvalue weighted by atomic mass is 35.5. The van der Waals surface area contributed by atoms with Crippen LogP contribution < -0.4 is 11.1 Å². The summed E-state index contributed by atoms with van der Waals surface area (Å²) < 4.78 is 1.92. The highest BCUT2D eigenvalue weighted by Gasteiger charge is 2.31. The molecule has 126 valence electrons. The molecular weight excluding hydrogens is 335 g/mol. The molecule has 7 heteroatoms. The lowest BCUT2D eigenvalue weighted by molar-refractivity contribution is -0.120. The Hall–Kier alpha value is -1.56. The van der Waals surface area contributed by atoms with Crippen molar-refractivity contribution in [2.75, 3.05) is 11.9 Å². The SMILES string of the molecule is Cl.Cl.NC[C@H]1CCC[C@H]1C(=O)Nc1ccc(-n2ccnc2)cc1. The number of amides is 1. The van der Waals surface area contributed by atoms with E-state index in [1.807, 2.05) is 35.0 Å². The Morgan fingerprint density at radius 3 is 2.61 bits per heavy atom. The molecule has 0 saturated heterocycles. The molecule has 1 aromatic carbocycles. The molecule has 1 fully saturated rings. The van der Waals surface area contributed by atoms with Crippen LogP contribution in [0.25, 0.3) is 5.69 Å². The van der Waals surface area contributed by atoms with Crippen molar-refractivity contribution in [2.24, 2.45) is 17.6 Å². The Morgan fingerprint density at radius 1 is 1.26 bits per heavy atom. The van der Waals surface area contributed by atoms with Gasteiger partial charge in [-0.15, -0.1) is 24.8 Å². The van der Waals surface area contributed by atoms with Crippen LogP contribution in [0, 0.1) is 11.8 Å². The molecule has 1 aromatic heterocycles. The molecule has 0 unspecified atom stereocenters. The van der Waals surface area contributed by atoms with Crippen molar-refractivity contribution in [3.05, 3.63) is 43.0 Å². The first-order valence-electron chi connectivity index (χ1n) is 7.37. The summed E-state index contributed by atoms with van der Waals surface area (Å²) in [6.45, 7) is 0.595. The van der Waals surface area contributed by atoms with Crippen molar-refractivity contribution in [3.63, 3.8) is 0 Å². The second-order valence-electron chi connectivity index (χ2n) is 5.54. The number of nitrogens with one attached hydrogen (secondary N) is 1. The first-order valence-corrected chi connectivity index (χ1v) is 7.37. The molecule has 0 aliphatic heterocycles. The van der Waals surface area contributed by atoms with Crippen LogP contribution in [0.1, 0.15) is 19.3 Å². The number of aromatic nitrogens is 2. The van der Waals surface area contributed by atoms with Gasteiger partial charge in [-0.25, -0.2) is 4.98 Å². The summed E-state index contributed by atoms with van der Waals surface area (Å²) in [5.41, 5.74) is 7.59. The zero-order chi connectivity index (χ0) is 14.7. The lowest BCUT2D eigenvalue weighted by Crippen LogP contribution is -2.29. The van der Waals surface area contributed by atoms with Crippen molar-refractivity contribution < 1.29 is 4.79 Å². The van der Waals surface area contributed by atoms with Gasteiger partial charge in [0.1, 0.15) is 0 Å². The van der Waals surface area contributed by atoms with Gasteiger partial charge in [0.25, 0.3) is 0 Å². The van der Waals surface area contributed by atoms with Crippen LogP contribution in [0.5, 0.6) is 0 Å². The number of hydrogen-bond donors (Lipinski definition) is 2. The summed E-state index contributed by atoms with van der Waals surface area (Å²) >= 11 is 0. The average Bonchev–Trinajstić information content (AvgIpc) is 3.19. The van der Waals surface area contributed by atoms with Gasteiger partial charge < -0.3 is 15.6 Å². The second-order valence-corrected chi connectivity index (χ2v) is 5.54. The average molecular weight is 357 g/mol. The zero-order valence-electron chi connectivity index (χ0n) is 12.7. The maximum atomic E-state index is 12.3. The fourth-order valence-electron chi connectivity index (χ4n) is 3.03. The minimum Gasteiger partial charge on any atom is -0.330 e. The molecule has 2 atom stereocenters. The molecule has 3 N–H and O–H groups in total. The minimum atomic E-state index is 0. The number of carbonyl (C=O) groups is 1. The number of benzene rings is 1. The van der Waals surface area contributed by atoms with Crippen LogP contribution >= 0.6 is 24.8 Å². The van der Waals surface area contributed by atoms with Gasteiger partial charge in [0.2, 0.25) is 5.91 Å². The van der Waals surface area contributed by atoms with Gasteiger partial charge in [-0.3, -0.25) is 4.79 Å². The van der Waals surface area contributed by atoms with E-state index < -0.39 is 0 Å². The molecule has 3 rings (SSSR count). The van der Waals surface area contributed by atoms with Crippen LogP contribution in [0.15, 0.2) is 43.0 Å². The maximum absolute atomic E-state index is 12.3. The molecule has 2 aromatic rings. The molecule has 1 saturated carbocycles. The monoisotopic (exact) mass is 356 g/mol. The van der Waals surface area contributed by atoms with Crippen molar-refractivity contribution in [3.8, 4) is 5.69 Å². The second kappa shape index (κ2) is 8.91. The number of halogens is 2. The third kappa shape index (κ3) is 4.47. The van der Waals surface area contributed by atoms with E-state index in [0.717, 1.165) is 30.6 Å². The van der Waals surface area contributed by atoms with E-state index in [4.69, 9.17) is 5.73 Å². The number of nitrogens with two attached hydrogens (primary N) is 1. The van der Waals surface area contributed by atoms with E-state index in [9.17, 15) is 4.79 Å². The number of imidazole rings is 1. The third-order valence-corrected chi connectivity index (χ3v) is 4.24. The first kappa shape index (κ1) is 19.5. The molecule has 5 nitrogen and oxygen atoms in total. The lowest BCUT2D eigenvalue weighted by Gasteiger charge is -2.17. The van der Waals surface area contributed by atoms with Gasteiger partial charge in [-0.2, -0.15) is 0 Å². The molecule has 0 bridgehead atoms. The molecule has 1 heterocycles. The van der Waals surface area contributed by atoms with Crippen LogP contribution in [0.2, 0.25) is 0 Å². The van der Waals surface area contributed by atoms with Crippen molar-refractivity contribution in [1.29, 1.82) is 0 Å². The van der Waals surface area contributed by atoms with E-state index >= 15 is 0 Å². The summed E-state index contributed by atoms with van der Waals surface area (Å²) in [6, 6.07) is 7.76. The zero-order valence-corrected chi connectivity index (χ0v) is 14.4. The largest absolute Gasteiger partial charge is 0.330 e. The Balaban J connectivity index is 0.00000132. The summed E-state index contributed by atoms with van der Waals surface area (Å²) in [6.07, 6.45) is 8.48. The smallest absolute Gasteiger partial charge is 0.227 e. The molecule has 1 aliphatic rings. The number of carbonyl (C=O) groups excluding carboxylic acids is 1. The van der Waals surface area contributed by atoms with Gasteiger partial charge in [0.05, 0.1) is 6.33 Å². The Kier molecular flexibility index (Phi) is 7.55. The Morgan fingerprint density at radius 2 is 2.00 bits per heavy atom. The van der Waals surface area contributed by atoms with Crippen LogP contribution in [0.3, 0.4) is 0 Å². The minimum absolute atomic E-state index is 0. The highest BCUT2D eigenvalue weighted by molar-refractivity contribution is 5.93. The number of nitrogens with zero attached hydrogens (tertiary/aromatic N) is 2. The highest BCUT2D eigenvalue weighted by Crippen LogP contribution is 2.31. The van der Waals surface area contributed by atoms with E-state index in [-0.39, 0.29) is 36.6 Å². The first-order chi connectivity index (χ1) is 10.3. The molecule has 0 radical (unpaired) electrons. The molecule has 23 heavy (non-hydrogen) atoms. The van der Waals surface area contributed by atoms with Gasteiger partial charge in [0.15, 0.2) is 0 Å². The van der Waals surface area contributed by atoms with E-state index in [2.05, 4.69) is 10.3 Å².